The number of hydrogen-bond acceptors (Lipinski definition) is 3. The minimum atomic E-state index is -0.00554. The van der Waals surface area contributed by atoms with Gasteiger partial charge in [-0.05, 0) is 89.0 Å². The van der Waals surface area contributed by atoms with Crippen molar-refractivity contribution in [1.29, 1.82) is 0 Å². The van der Waals surface area contributed by atoms with Gasteiger partial charge in [0.1, 0.15) is 11.5 Å². The maximum atomic E-state index is 11.6. The molecule has 3 aromatic carbocycles. The molecule has 0 saturated carbocycles. The lowest BCUT2D eigenvalue weighted by molar-refractivity contribution is 0.200. The van der Waals surface area contributed by atoms with Crippen LogP contribution in [0.4, 0.5) is 0 Å². The standard InChI is InChI=1S/C41H65NO2/c1-12-38(6,7)28(4)17-15-23-40(10,13-2)30-19-21-32-34(25-30)36(43)33-22-20-31(26-35(33)37(32)44)41(11,14-3)24-16-18-29(5)39(8,9)27-42/h19-22,25-26,28-29,43-44H,12-18,23-24,27,42H2,1-11H3. The first-order valence-electron chi connectivity index (χ1n) is 17.6. The van der Waals surface area contributed by atoms with E-state index in [-0.39, 0.29) is 27.7 Å². The zero-order valence-corrected chi connectivity index (χ0v) is 30.2. The lowest BCUT2D eigenvalue weighted by atomic mass is 9.72. The van der Waals surface area contributed by atoms with E-state index in [2.05, 4.69) is 100 Å². The van der Waals surface area contributed by atoms with Crippen molar-refractivity contribution in [1.82, 2.24) is 0 Å². The third kappa shape index (κ3) is 7.41. The molecular formula is C41H65NO2. The van der Waals surface area contributed by atoms with E-state index >= 15 is 0 Å². The van der Waals surface area contributed by atoms with Crippen LogP contribution in [0.15, 0.2) is 36.4 Å². The zero-order valence-electron chi connectivity index (χ0n) is 30.2. The molecule has 0 saturated heterocycles. The number of aromatic hydroxyl groups is 2. The second kappa shape index (κ2) is 14.0. The van der Waals surface area contributed by atoms with Crippen molar-refractivity contribution in [2.24, 2.45) is 28.4 Å². The van der Waals surface area contributed by atoms with Gasteiger partial charge >= 0.3 is 0 Å². The van der Waals surface area contributed by atoms with E-state index in [4.69, 9.17) is 5.73 Å². The summed E-state index contributed by atoms with van der Waals surface area (Å²) in [5.74, 6) is 1.79. The first kappa shape index (κ1) is 36.2. The summed E-state index contributed by atoms with van der Waals surface area (Å²) in [6, 6.07) is 12.7. The molecule has 0 aliphatic rings. The molecule has 0 heterocycles. The van der Waals surface area contributed by atoms with Crippen LogP contribution in [0.5, 0.6) is 11.5 Å². The molecule has 3 heteroatoms. The summed E-state index contributed by atoms with van der Waals surface area (Å²) in [6.07, 6.45) is 10.1. The van der Waals surface area contributed by atoms with Crippen molar-refractivity contribution < 1.29 is 10.2 Å². The third-order valence-electron chi connectivity index (χ3n) is 12.9. The molecule has 0 amide bonds. The van der Waals surface area contributed by atoms with Crippen LogP contribution in [0.2, 0.25) is 0 Å². The van der Waals surface area contributed by atoms with Crippen molar-refractivity contribution in [2.45, 2.75) is 145 Å². The molecule has 4 unspecified atom stereocenters. The first-order chi connectivity index (χ1) is 20.5. The van der Waals surface area contributed by atoms with Crippen molar-refractivity contribution >= 4 is 21.5 Å². The minimum absolute atomic E-state index is 0.00554. The van der Waals surface area contributed by atoms with Gasteiger partial charge in [-0.1, -0.05) is 133 Å². The molecule has 44 heavy (non-hydrogen) atoms. The van der Waals surface area contributed by atoms with Gasteiger partial charge in [-0.2, -0.15) is 0 Å². The Balaban J connectivity index is 1.92. The Bertz CT molecular complexity index is 1300. The van der Waals surface area contributed by atoms with Crippen LogP contribution in [0, 0.1) is 22.7 Å². The van der Waals surface area contributed by atoms with E-state index in [9.17, 15) is 10.2 Å². The Labute approximate surface area is 270 Å². The molecule has 0 aliphatic carbocycles. The van der Waals surface area contributed by atoms with Gasteiger partial charge in [0.05, 0.1) is 0 Å². The summed E-state index contributed by atoms with van der Waals surface area (Å²) in [5, 5.41) is 26.1. The van der Waals surface area contributed by atoms with E-state index in [1.807, 2.05) is 12.1 Å². The third-order valence-corrected chi connectivity index (χ3v) is 12.9. The van der Waals surface area contributed by atoms with E-state index < -0.39 is 0 Å². The molecule has 0 aromatic heterocycles. The number of hydrogen-bond donors (Lipinski definition) is 3. The Morgan fingerprint density at radius 2 is 0.977 bits per heavy atom. The van der Waals surface area contributed by atoms with Crippen LogP contribution in [0.3, 0.4) is 0 Å². The van der Waals surface area contributed by atoms with Gasteiger partial charge in [0.2, 0.25) is 0 Å². The molecule has 3 aromatic rings. The molecule has 0 radical (unpaired) electrons. The van der Waals surface area contributed by atoms with E-state index in [1.54, 1.807) is 0 Å². The molecule has 0 aliphatic heterocycles. The average molecular weight is 604 g/mol. The summed E-state index contributed by atoms with van der Waals surface area (Å²) < 4.78 is 0. The molecule has 0 bridgehead atoms. The highest BCUT2D eigenvalue weighted by Crippen LogP contribution is 2.46. The van der Waals surface area contributed by atoms with Crippen molar-refractivity contribution in [3.05, 3.63) is 47.5 Å². The summed E-state index contributed by atoms with van der Waals surface area (Å²) in [6.45, 7) is 26.2. The van der Waals surface area contributed by atoms with Crippen molar-refractivity contribution in [3.8, 4) is 11.5 Å². The molecule has 4 atom stereocenters. The number of phenolic OH excluding ortho intramolecular Hbond substituents is 2. The Morgan fingerprint density at radius 3 is 1.32 bits per heavy atom. The van der Waals surface area contributed by atoms with E-state index in [0.29, 0.717) is 23.8 Å². The predicted molar refractivity (Wildman–Crippen MR) is 193 cm³/mol. The van der Waals surface area contributed by atoms with Crippen LogP contribution < -0.4 is 5.73 Å². The van der Waals surface area contributed by atoms with Gasteiger partial charge in [0.15, 0.2) is 0 Å². The highest BCUT2D eigenvalue weighted by molar-refractivity contribution is 6.11. The number of nitrogens with two attached hydrogens (primary N) is 1. The van der Waals surface area contributed by atoms with Gasteiger partial charge in [0.25, 0.3) is 0 Å². The smallest absolute Gasteiger partial charge is 0.131 e. The second-order valence-electron chi connectivity index (χ2n) is 16.2. The molecule has 3 nitrogen and oxygen atoms in total. The summed E-state index contributed by atoms with van der Waals surface area (Å²) in [4.78, 5) is 0. The molecule has 3 rings (SSSR count). The van der Waals surface area contributed by atoms with Gasteiger partial charge in [-0.15, -0.1) is 0 Å². The van der Waals surface area contributed by atoms with Gasteiger partial charge in [0, 0.05) is 21.5 Å². The van der Waals surface area contributed by atoms with E-state index in [0.717, 1.165) is 60.1 Å². The quantitative estimate of drug-likeness (QED) is 0.113. The van der Waals surface area contributed by atoms with Gasteiger partial charge in [-0.25, -0.2) is 0 Å². The van der Waals surface area contributed by atoms with Crippen LogP contribution >= 0.6 is 0 Å². The monoisotopic (exact) mass is 604 g/mol. The van der Waals surface area contributed by atoms with Crippen molar-refractivity contribution in [3.63, 3.8) is 0 Å². The fourth-order valence-corrected chi connectivity index (χ4v) is 6.91. The maximum Gasteiger partial charge on any atom is 0.131 e. The molecule has 246 valence electrons. The van der Waals surface area contributed by atoms with Crippen LogP contribution in [0.1, 0.15) is 145 Å². The number of rotatable bonds is 16. The normalized spacial score (nSPS) is 17.0. The Morgan fingerprint density at radius 1 is 0.591 bits per heavy atom. The lowest BCUT2D eigenvalue weighted by Crippen LogP contribution is -2.31. The number of fused-ring (bicyclic) bond motifs is 2. The Hall–Kier alpha value is -2.26. The lowest BCUT2D eigenvalue weighted by Gasteiger charge is -2.34. The molecule has 4 N–H and O–H groups in total. The van der Waals surface area contributed by atoms with E-state index in [1.165, 1.54) is 30.4 Å². The SMILES string of the molecule is CCC(C)(CCCC(C)C(C)(C)CC)c1ccc2c(O)c3cc(C(C)(CC)CCCC(C)C(C)(C)CN)ccc3c(O)c2c1. The molecular weight excluding hydrogens is 538 g/mol. The minimum Gasteiger partial charge on any atom is -0.507 e. The van der Waals surface area contributed by atoms with Gasteiger partial charge < -0.3 is 15.9 Å². The summed E-state index contributed by atoms with van der Waals surface area (Å²) in [7, 11) is 0. The average Bonchev–Trinajstić information content (AvgIpc) is 3.02. The van der Waals surface area contributed by atoms with Crippen LogP contribution in [-0.4, -0.2) is 16.8 Å². The highest BCUT2D eigenvalue weighted by Gasteiger charge is 2.30. The predicted octanol–water partition coefficient (Wildman–Crippen LogP) is 11.8. The zero-order chi connectivity index (χ0) is 33.1. The summed E-state index contributed by atoms with van der Waals surface area (Å²) >= 11 is 0. The molecule has 0 fully saturated rings. The topological polar surface area (TPSA) is 66.5 Å². The van der Waals surface area contributed by atoms with Gasteiger partial charge in [-0.3, -0.25) is 0 Å². The largest absolute Gasteiger partial charge is 0.507 e. The number of benzene rings is 3. The van der Waals surface area contributed by atoms with Crippen LogP contribution in [-0.2, 0) is 10.8 Å². The molecule has 0 spiro atoms. The number of phenols is 2. The summed E-state index contributed by atoms with van der Waals surface area (Å²) in [5.41, 5.74) is 9.03. The second-order valence-corrected chi connectivity index (χ2v) is 16.2. The van der Waals surface area contributed by atoms with Crippen molar-refractivity contribution in [2.75, 3.05) is 6.54 Å². The van der Waals surface area contributed by atoms with Crippen LogP contribution in [0.25, 0.3) is 21.5 Å². The maximum absolute atomic E-state index is 11.6. The fraction of sp³-hybridized carbons (Fsp3) is 0.659. The fourth-order valence-electron chi connectivity index (χ4n) is 6.91. The Kier molecular flexibility index (Phi) is 11.5. The highest BCUT2D eigenvalue weighted by atomic mass is 16.3. The first-order valence-corrected chi connectivity index (χ1v) is 17.6.